The molecule has 4 N–H and O–H groups in total. The molecule has 1 aromatic rings. The van der Waals surface area contributed by atoms with Gasteiger partial charge in [-0.3, -0.25) is 4.79 Å². The number of nitrogens with one attached hydrogen (secondary N) is 2. The standard InChI is InChI=1S/C15H23N3O3S/c16-14-8-4-5-12(14)11-15(19)17-9-10-18-22(20,21)13-6-2-1-3-7-13/h1-3,6-7,12,14,18H,4-5,8-11,16H2,(H,17,19)/t12-,14+/m0/s1. The molecule has 0 spiro atoms. The molecule has 6 nitrogen and oxygen atoms in total. The van der Waals surface area contributed by atoms with Gasteiger partial charge in [0.2, 0.25) is 15.9 Å². The van der Waals surface area contributed by atoms with Crippen molar-refractivity contribution in [2.45, 2.75) is 36.6 Å². The van der Waals surface area contributed by atoms with Crippen LogP contribution in [0.15, 0.2) is 35.2 Å². The summed E-state index contributed by atoms with van der Waals surface area (Å²) in [5.41, 5.74) is 5.93. The maximum absolute atomic E-state index is 12.0. The smallest absolute Gasteiger partial charge is 0.240 e. The van der Waals surface area contributed by atoms with Crippen LogP contribution in [0.5, 0.6) is 0 Å². The van der Waals surface area contributed by atoms with Gasteiger partial charge in [0.1, 0.15) is 0 Å². The van der Waals surface area contributed by atoms with Crippen molar-refractivity contribution in [3.05, 3.63) is 30.3 Å². The molecule has 1 aromatic carbocycles. The van der Waals surface area contributed by atoms with E-state index in [2.05, 4.69) is 10.0 Å². The molecule has 122 valence electrons. The second-order valence-electron chi connectivity index (χ2n) is 5.62. The first kappa shape index (κ1) is 16.9. The van der Waals surface area contributed by atoms with Crippen LogP contribution in [0.3, 0.4) is 0 Å². The van der Waals surface area contributed by atoms with E-state index < -0.39 is 10.0 Å². The lowest BCUT2D eigenvalue weighted by Crippen LogP contribution is -2.36. The summed E-state index contributed by atoms with van der Waals surface area (Å²) in [7, 11) is -3.51. The molecule has 22 heavy (non-hydrogen) atoms. The highest BCUT2D eigenvalue weighted by Gasteiger charge is 2.25. The molecule has 2 atom stereocenters. The molecular formula is C15H23N3O3S. The Labute approximate surface area is 131 Å². The van der Waals surface area contributed by atoms with Gasteiger partial charge in [-0.05, 0) is 30.9 Å². The number of nitrogens with two attached hydrogens (primary N) is 1. The van der Waals surface area contributed by atoms with E-state index in [9.17, 15) is 13.2 Å². The molecular weight excluding hydrogens is 302 g/mol. The molecule has 2 rings (SSSR count). The Morgan fingerprint density at radius 2 is 1.91 bits per heavy atom. The van der Waals surface area contributed by atoms with Crippen LogP contribution in [-0.4, -0.2) is 33.5 Å². The summed E-state index contributed by atoms with van der Waals surface area (Å²) in [4.78, 5) is 12.0. The fourth-order valence-electron chi connectivity index (χ4n) is 2.70. The monoisotopic (exact) mass is 325 g/mol. The molecule has 0 unspecified atom stereocenters. The first-order valence-electron chi connectivity index (χ1n) is 7.56. The Kier molecular flexibility index (Phi) is 5.93. The molecule has 7 heteroatoms. The lowest BCUT2D eigenvalue weighted by Gasteiger charge is -2.14. The van der Waals surface area contributed by atoms with Gasteiger partial charge in [-0.1, -0.05) is 24.6 Å². The van der Waals surface area contributed by atoms with Crippen molar-refractivity contribution in [2.75, 3.05) is 13.1 Å². The molecule has 0 aromatic heterocycles. The van der Waals surface area contributed by atoms with E-state index in [1.807, 2.05) is 0 Å². The van der Waals surface area contributed by atoms with Crippen LogP contribution in [0, 0.1) is 5.92 Å². The normalized spacial score (nSPS) is 21.7. The number of amides is 1. The van der Waals surface area contributed by atoms with Crippen molar-refractivity contribution < 1.29 is 13.2 Å². The first-order chi connectivity index (χ1) is 10.5. The molecule has 0 bridgehead atoms. The molecule has 0 radical (unpaired) electrons. The molecule has 0 saturated heterocycles. The number of carbonyl (C=O) groups excluding carboxylic acids is 1. The maximum atomic E-state index is 12.0. The van der Waals surface area contributed by atoms with Gasteiger partial charge in [0, 0.05) is 25.6 Å². The van der Waals surface area contributed by atoms with Crippen molar-refractivity contribution >= 4 is 15.9 Å². The fraction of sp³-hybridized carbons (Fsp3) is 0.533. The highest BCUT2D eigenvalue weighted by atomic mass is 32.2. The molecule has 1 amide bonds. The van der Waals surface area contributed by atoms with E-state index in [1.165, 1.54) is 12.1 Å². The largest absolute Gasteiger partial charge is 0.355 e. The molecule has 0 aliphatic heterocycles. The van der Waals surface area contributed by atoms with Gasteiger partial charge in [-0.25, -0.2) is 13.1 Å². The predicted octanol–water partition coefficient (Wildman–Crippen LogP) is 0.599. The van der Waals surface area contributed by atoms with E-state index in [1.54, 1.807) is 18.2 Å². The van der Waals surface area contributed by atoms with Gasteiger partial charge in [0.15, 0.2) is 0 Å². The second kappa shape index (κ2) is 7.71. The average Bonchev–Trinajstić information content (AvgIpc) is 2.90. The molecule has 0 heterocycles. The Hall–Kier alpha value is -1.44. The zero-order valence-corrected chi connectivity index (χ0v) is 13.3. The van der Waals surface area contributed by atoms with Crippen molar-refractivity contribution in [2.24, 2.45) is 11.7 Å². The zero-order chi connectivity index (χ0) is 16.0. The van der Waals surface area contributed by atoms with Gasteiger partial charge >= 0.3 is 0 Å². The van der Waals surface area contributed by atoms with E-state index >= 15 is 0 Å². The average molecular weight is 325 g/mol. The number of hydrogen-bond donors (Lipinski definition) is 3. The lowest BCUT2D eigenvalue weighted by atomic mass is 10.00. The van der Waals surface area contributed by atoms with Crippen LogP contribution in [0.25, 0.3) is 0 Å². The second-order valence-corrected chi connectivity index (χ2v) is 7.39. The Morgan fingerprint density at radius 3 is 2.55 bits per heavy atom. The van der Waals surface area contributed by atoms with E-state index in [-0.39, 0.29) is 35.9 Å². The highest BCUT2D eigenvalue weighted by molar-refractivity contribution is 7.89. The summed E-state index contributed by atoms with van der Waals surface area (Å²) in [5.74, 6) is 0.183. The predicted molar refractivity (Wildman–Crippen MR) is 84.6 cm³/mol. The van der Waals surface area contributed by atoms with Crippen LogP contribution < -0.4 is 15.8 Å². The van der Waals surface area contributed by atoms with Crippen LogP contribution in [0.1, 0.15) is 25.7 Å². The third kappa shape index (κ3) is 4.79. The minimum atomic E-state index is -3.51. The van der Waals surface area contributed by atoms with Crippen molar-refractivity contribution in [1.82, 2.24) is 10.0 Å². The molecule has 1 saturated carbocycles. The van der Waals surface area contributed by atoms with Crippen LogP contribution in [0.2, 0.25) is 0 Å². The number of sulfonamides is 1. The van der Waals surface area contributed by atoms with Gasteiger partial charge in [-0.2, -0.15) is 0 Å². The van der Waals surface area contributed by atoms with E-state index in [0.717, 1.165) is 19.3 Å². The Bertz CT molecular complexity index is 589. The topological polar surface area (TPSA) is 101 Å². The fourth-order valence-corrected chi connectivity index (χ4v) is 3.75. The van der Waals surface area contributed by atoms with Crippen LogP contribution in [0.4, 0.5) is 0 Å². The third-order valence-corrected chi connectivity index (χ3v) is 5.44. The quantitative estimate of drug-likeness (QED) is 0.639. The van der Waals surface area contributed by atoms with Crippen molar-refractivity contribution in [1.29, 1.82) is 0 Å². The maximum Gasteiger partial charge on any atom is 0.240 e. The minimum absolute atomic E-state index is 0.0683. The van der Waals surface area contributed by atoms with Gasteiger partial charge in [-0.15, -0.1) is 0 Å². The van der Waals surface area contributed by atoms with E-state index in [0.29, 0.717) is 6.42 Å². The molecule has 1 aliphatic rings. The van der Waals surface area contributed by atoms with Crippen molar-refractivity contribution in [3.63, 3.8) is 0 Å². The highest BCUT2D eigenvalue weighted by Crippen LogP contribution is 2.26. The Morgan fingerprint density at radius 1 is 1.18 bits per heavy atom. The summed E-state index contributed by atoms with van der Waals surface area (Å²) in [6.45, 7) is 0.437. The van der Waals surface area contributed by atoms with Crippen LogP contribution in [-0.2, 0) is 14.8 Å². The van der Waals surface area contributed by atoms with E-state index in [4.69, 9.17) is 5.73 Å². The summed E-state index contributed by atoms with van der Waals surface area (Å²) in [6, 6.07) is 8.27. The van der Waals surface area contributed by atoms with Gasteiger partial charge in [0.25, 0.3) is 0 Å². The summed E-state index contributed by atoms with van der Waals surface area (Å²) in [6.07, 6.45) is 3.48. The number of rotatable bonds is 7. The minimum Gasteiger partial charge on any atom is -0.355 e. The SMILES string of the molecule is N[C@@H]1CCC[C@H]1CC(=O)NCCNS(=O)(=O)c1ccccc1. The molecule has 1 fully saturated rings. The third-order valence-electron chi connectivity index (χ3n) is 3.96. The summed E-state index contributed by atoms with van der Waals surface area (Å²) < 4.78 is 26.4. The Balaban J connectivity index is 1.69. The first-order valence-corrected chi connectivity index (χ1v) is 9.04. The van der Waals surface area contributed by atoms with Crippen LogP contribution >= 0.6 is 0 Å². The number of hydrogen-bond acceptors (Lipinski definition) is 4. The number of carbonyl (C=O) groups is 1. The lowest BCUT2D eigenvalue weighted by molar-refractivity contribution is -0.122. The van der Waals surface area contributed by atoms with Crippen molar-refractivity contribution in [3.8, 4) is 0 Å². The van der Waals surface area contributed by atoms with Gasteiger partial charge < -0.3 is 11.1 Å². The number of benzene rings is 1. The summed E-state index contributed by atoms with van der Waals surface area (Å²) in [5, 5.41) is 2.73. The molecule has 1 aliphatic carbocycles. The summed E-state index contributed by atoms with van der Waals surface area (Å²) >= 11 is 0. The van der Waals surface area contributed by atoms with Gasteiger partial charge in [0.05, 0.1) is 4.90 Å². The zero-order valence-electron chi connectivity index (χ0n) is 12.5.